The van der Waals surface area contributed by atoms with Gasteiger partial charge in [-0.05, 0) is 51.0 Å². The molecule has 0 bridgehead atoms. The molecule has 0 aliphatic rings. The summed E-state index contributed by atoms with van der Waals surface area (Å²) in [5.41, 5.74) is 3.39. The molecule has 1 heterocycles. The summed E-state index contributed by atoms with van der Waals surface area (Å²) < 4.78 is 37.0. The van der Waals surface area contributed by atoms with Gasteiger partial charge < -0.3 is 14.5 Å². The van der Waals surface area contributed by atoms with Crippen molar-refractivity contribution >= 4 is 16.0 Å². The van der Waals surface area contributed by atoms with Crippen LogP contribution in [0.2, 0.25) is 0 Å². The monoisotopic (exact) mass is 408 g/mol. The average molecular weight is 409 g/mol. The quantitative estimate of drug-likeness (QED) is 0.644. The largest absolute Gasteiger partial charge is 0.497 e. The molecule has 0 unspecified atom stereocenters. The number of esters is 1. The van der Waals surface area contributed by atoms with Crippen molar-refractivity contribution in [1.29, 1.82) is 0 Å². The second kappa shape index (κ2) is 9.25. The third-order valence-corrected chi connectivity index (χ3v) is 6.41. The highest BCUT2D eigenvalue weighted by molar-refractivity contribution is 7.89. The summed E-state index contributed by atoms with van der Waals surface area (Å²) in [6.07, 6.45) is 0. The lowest BCUT2D eigenvalue weighted by atomic mass is 10.1. The van der Waals surface area contributed by atoms with Gasteiger partial charge in [0, 0.05) is 17.9 Å². The summed E-state index contributed by atoms with van der Waals surface area (Å²) in [6, 6.07) is 7.28. The molecule has 28 heavy (non-hydrogen) atoms. The maximum Gasteiger partial charge on any atom is 0.340 e. The first-order valence-electron chi connectivity index (χ1n) is 9.19. The molecule has 0 aliphatic heterocycles. The summed E-state index contributed by atoms with van der Waals surface area (Å²) in [5, 5.41) is 0. The summed E-state index contributed by atoms with van der Waals surface area (Å²) in [6.45, 7) is 7.61. The highest BCUT2D eigenvalue weighted by Gasteiger charge is 2.25. The number of methoxy groups -OCH3 is 1. The van der Waals surface area contributed by atoms with Crippen molar-refractivity contribution in [2.75, 3.05) is 19.5 Å². The van der Waals surface area contributed by atoms with Gasteiger partial charge in [0.1, 0.15) is 5.75 Å². The Labute approximate surface area is 166 Å². The Kier molecular flexibility index (Phi) is 7.26. The van der Waals surface area contributed by atoms with Crippen molar-refractivity contribution in [1.82, 2.24) is 9.29 Å². The van der Waals surface area contributed by atoms with Gasteiger partial charge in [-0.2, -0.15) is 4.31 Å². The molecule has 0 saturated carbocycles. The molecule has 2 rings (SSSR count). The zero-order valence-corrected chi connectivity index (χ0v) is 17.9. The number of hydrogen-bond donors (Lipinski definition) is 1. The number of aromatic nitrogens is 1. The van der Waals surface area contributed by atoms with E-state index in [1.165, 1.54) is 4.31 Å². The van der Waals surface area contributed by atoms with Gasteiger partial charge in [-0.1, -0.05) is 12.1 Å². The number of rotatable bonds is 9. The molecule has 0 atom stereocenters. The molecule has 7 nitrogen and oxygen atoms in total. The number of benzene rings is 1. The molecular weight excluding hydrogens is 380 g/mol. The van der Waals surface area contributed by atoms with Crippen LogP contribution in [0.15, 0.2) is 24.3 Å². The predicted octanol–water partition coefficient (Wildman–Crippen LogP) is 3.17. The molecular formula is C20H28N2O5S. The molecule has 0 amide bonds. The van der Waals surface area contributed by atoms with Crippen molar-refractivity contribution in [3.05, 3.63) is 52.3 Å². The number of ether oxygens (including phenoxy) is 2. The molecule has 1 N–H and O–H groups in total. The SMILES string of the molecule is CCOC(=O)c1c(C)[nH]c(CN(Cc2ccc(OC)cc2)S(=O)(=O)CC)c1C. The molecule has 1 aromatic heterocycles. The Morgan fingerprint density at radius 1 is 1.11 bits per heavy atom. The normalized spacial score (nSPS) is 11.6. The first kappa shape index (κ1) is 22.0. The predicted molar refractivity (Wildman–Crippen MR) is 108 cm³/mol. The van der Waals surface area contributed by atoms with Crippen LogP contribution in [0.5, 0.6) is 5.75 Å². The van der Waals surface area contributed by atoms with Crippen molar-refractivity contribution < 1.29 is 22.7 Å². The van der Waals surface area contributed by atoms with E-state index in [0.29, 0.717) is 28.3 Å². The van der Waals surface area contributed by atoms with Gasteiger partial charge in [0.15, 0.2) is 0 Å². The van der Waals surface area contributed by atoms with Gasteiger partial charge in [0.25, 0.3) is 0 Å². The van der Waals surface area contributed by atoms with E-state index in [1.54, 1.807) is 46.9 Å². The molecule has 154 valence electrons. The van der Waals surface area contributed by atoms with E-state index < -0.39 is 16.0 Å². The fourth-order valence-electron chi connectivity index (χ4n) is 3.03. The minimum Gasteiger partial charge on any atom is -0.497 e. The van der Waals surface area contributed by atoms with E-state index in [4.69, 9.17) is 9.47 Å². The van der Waals surface area contributed by atoms with Gasteiger partial charge in [-0.3, -0.25) is 0 Å². The Balaban J connectivity index is 2.33. The van der Waals surface area contributed by atoms with E-state index >= 15 is 0 Å². The maximum atomic E-state index is 12.7. The summed E-state index contributed by atoms with van der Waals surface area (Å²) in [5.74, 6) is 0.302. The second-order valence-electron chi connectivity index (χ2n) is 6.47. The number of H-pyrrole nitrogens is 1. The van der Waals surface area contributed by atoms with Crippen LogP contribution in [0.25, 0.3) is 0 Å². The van der Waals surface area contributed by atoms with E-state index in [1.807, 2.05) is 12.1 Å². The molecule has 0 spiro atoms. The minimum absolute atomic E-state index is 0.00731. The van der Waals surface area contributed by atoms with Crippen LogP contribution < -0.4 is 4.74 Å². The van der Waals surface area contributed by atoms with Crippen LogP contribution in [0, 0.1) is 13.8 Å². The smallest absolute Gasteiger partial charge is 0.340 e. The third kappa shape index (κ3) is 4.94. The van der Waals surface area contributed by atoms with Crippen LogP contribution in [0.3, 0.4) is 0 Å². The Morgan fingerprint density at radius 2 is 1.75 bits per heavy atom. The number of aryl methyl sites for hydroxylation is 1. The van der Waals surface area contributed by atoms with Crippen molar-refractivity contribution in [2.24, 2.45) is 0 Å². The van der Waals surface area contributed by atoms with Crippen molar-refractivity contribution in [2.45, 2.75) is 40.8 Å². The molecule has 0 fully saturated rings. The Hall–Kier alpha value is -2.32. The van der Waals surface area contributed by atoms with Crippen LogP contribution in [-0.2, 0) is 27.8 Å². The van der Waals surface area contributed by atoms with E-state index in [-0.39, 0.29) is 25.4 Å². The maximum absolute atomic E-state index is 12.7. The lowest BCUT2D eigenvalue weighted by Gasteiger charge is -2.21. The zero-order chi connectivity index (χ0) is 20.9. The molecule has 0 saturated heterocycles. The third-order valence-electron chi connectivity index (χ3n) is 4.63. The van der Waals surface area contributed by atoms with Crippen LogP contribution in [-0.4, -0.2) is 43.1 Å². The highest BCUT2D eigenvalue weighted by atomic mass is 32.2. The molecule has 1 aromatic carbocycles. The molecule has 0 radical (unpaired) electrons. The van der Waals surface area contributed by atoms with E-state index in [2.05, 4.69) is 4.98 Å². The van der Waals surface area contributed by atoms with Gasteiger partial charge in [0.2, 0.25) is 10.0 Å². The number of nitrogens with one attached hydrogen (secondary N) is 1. The number of sulfonamides is 1. The number of carbonyl (C=O) groups excluding carboxylic acids is 1. The second-order valence-corrected chi connectivity index (χ2v) is 8.72. The van der Waals surface area contributed by atoms with Gasteiger partial charge >= 0.3 is 5.97 Å². The number of nitrogens with zero attached hydrogens (tertiary/aromatic N) is 1. The Morgan fingerprint density at radius 3 is 2.29 bits per heavy atom. The highest BCUT2D eigenvalue weighted by Crippen LogP contribution is 2.23. The van der Waals surface area contributed by atoms with Crippen molar-refractivity contribution in [3.8, 4) is 5.75 Å². The first-order chi connectivity index (χ1) is 13.2. The molecule has 0 aliphatic carbocycles. The fourth-order valence-corrected chi connectivity index (χ4v) is 4.07. The minimum atomic E-state index is -3.46. The van der Waals surface area contributed by atoms with Gasteiger partial charge in [-0.25, -0.2) is 13.2 Å². The zero-order valence-electron chi connectivity index (χ0n) is 17.0. The van der Waals surface area contributed by atoms with Crippen LogP contribution in [0.1, 0.15) is 46.7 Å². The fraction of sp³-hybridized carbons (Fsp3) is 0.450. The van der Waals surface area contributed by atoms with Crippen LogP contribution in [0.4, 0.5) is 0 Å². The topological polar surface area (TPSA) is 88.7 Å². The number of carbonyl (C=O) groups is 1. The lowest BCUT2D eigenvalue weighted by molar-refractivity contribution is 0.0525. The van der Waals surface area contributed by atoms with Gasteiger partial charge in [-0.15, -0.1) is 0 Å². The molecule has 8 heteroatoms. The van der Waals surface area contributed by atoms with Crippen molar-refractivity contribution in [3.63, 3.8) is 0 Å². The summed E-state index contributed by atoms with van der Waals surface area (Å²) in [7, 11) is -1.87. The van der Waals surface area contributed by atoms with Gasteiger partial charge in [0.05, 0.1) is 31.6 Å². The van der Waals surface area contributed by atoms with E-state index in [0.717, 1.165) is 5.56 Å². The van der Waals surface area contributed by atoms with Crippen LogP contribution >= 0.6 is 0 Å². The Bertz CT molecular complexity index is 917. The standard InChI is InChI=1S/C20H28N2O5S/c1-6-27-20(23)19-14(3)18(21-15(19)4)13-22(28(24,25)7-2)12-16-8-10-17(26-5)11-9-16/h8-11,21H,6-7,12-13H2,1-5H3. The number of aromatic amines is 1. The molecule has 2 aromatic rings. The summed E-state index contributed by atoms with van der Waals surface area (Å²) in [4.78, 5) is 15.4. The number of hydrogen-bond acceptors (Lipinski definition) is 5. The summed E-state index contributed by atoms with van der Waals surface area (Å²) >= 11 is 0. The first-order valence-corrected chi connectivity index (χ1v) is 10.8. The lowest BCUT2D eigenvalue weighted by Crippen LogP contribution is -2.31. The van der Waals surface area contributed by atoms with E-state index in [9.17, 15) is 13.2 Å². The average Bonchev–Trinajstić information content (AvgIpc) is 2.95.